The molecule has 0 N–H and O–H groups in total. The van der Waals surface area contributed by atoms with Crippen molar-refractivity contribution >= 4 is 23.4 Å². The fourth-order valence-electron chi connectivity index (χ4n) is 1.08. The van der Waals surface area contributed by atoms with Crippen LogP contribution < -0.4 is 0 Å². The van der Waals surface area contributed by atoms with E-state index in [-0.39, 0.29) is 12.3 Å². The summed E-state index contributed by atoms with van der Waals surface area (Å²) in [4.78, 5) is 15.1. The monoisotopic (exact) mass is 237 g/mol. The van der Waals surface area contributed by atoms with Crippen molar-refractivity contribution in [1.29, 1.82) is 0 Å². The minimum atomic E-state index is -0.607. The molecular weight excluding hydrogens is 226 g/mol. The van der Waals surface area contributed by atoms with Crippen molar-refractivity contribution in [3.05, 3.63) is 38.0 Å². The van der Waals surface area contributed by atoms with Crippen LogP contribution in [-0.4, -0.2) is 12.6 Å². The molecule has 0 aliphatic carbocycles. The predicted molar refractivity (Wildman–Crippen MR) is 62.8 cm³/mol. The van der Waals surface area contributed by atoms with E-state index in [0.717, 1.165) is 10.4 Å². The molecule has 0 saturated heterocycles. The number of rotatable bonds is 4. The number of aryl methyl sites for hydroxylation is 1. The molecule has 1 aromatic rings. The molecule has 1 rings (SSSR count). The number of hydrogen-bond donors (Lipinski definition) is 0. The minimum Gasteiger partial charge on any atom is -0.462 e. The van der Waals surface area contributed by atoms with Crippen LogP contribution in [0, 0.1) is 6.92 Å². The Morgan fingerprint density at radius 3 is 3.00 bits per heavy atom. The molecule has 1 aromatic heterocycles. The van der Waals surface area contributed by atoms with E-state index in [1.54, 1.807) is 18.3 Å². The summed E-state index contributed by atoms with van der Waals surface area (Å²) in [6.07, 6.45) is 1.52. The quantitative estimate of drug-likeness (QED) is 0.265. The molecule has 0 aromatic carbocycles. The zero-order chi connectivity index (χ0) is 12.0. The summed E-state index contributed by atoms with van der Waals surface area (Å²) in [5, 5.41) is 5.20. The van der Waals surface area contributed by atoms with Gasteiger partial charge in [-0.3, -0.25) is 0 Å². The fraction of sp³-hybridized carbons (Fsp3) is 0.300. The molecule has 1 heterocycles. The molecule has 0 fully saturated rings. The van der Waals surface area contributed by atoms with Gasteiger partial charge in [0.2, 0.25) is 0 Å². The summed E-state index contributed by atoms with van der Waals surface area (Å²) in [6, 6.07) is 1.90. The van der Waals surface area contributed by atoms with Crippen molar-refractivity contribution in [3.8, 4) is 0 Å². The van der Waals surface area contributed by atoms with Crippen LogP contribution in [0.3, 0.4) is 0 Å². The largest absolute Gasteiger partial charge is 0.462 e. The molecule has 5 nitrogen and oxygen atoms in total. The van der Waals surface area contributed by atoms with E-state index in [1.165, 1.54) is 6.08 Å². The second kappa shape index (κ2) is 5.95. The van der Waals surface area contributed by atoms with Crippen LogP contribution in [0.1, 0.15) is 17.4 Å². The van der Waals surface area contributed by atoms with Gasteiger partial charge < -0.3 is 4.74 Å². The molecule has 0 atom stereocenters. The normalized spacial score (nSPS) is 10.8. The summed E-state index contributed by atoms with van der Waals surface area (Å²) in [6.45, 7) is 3.90. The first-order valence-corrected chi connectivity index (χ1v) is 5.54. The molecule has 16 heavy (non-hydrogen) atoms. The maximum absolute atomic E-state index is 11.4. The maximum atomic E-state index is 11.4. The molecule has 0 amide bonds. The number of nitrogens with zero attached hydrogens (tertiary/aromatic N) is 3. The van der Waals surface area contributed by atoms with Gasteiger partial charge in [0.25, 0.3) is 0 Å². The Kier molecular flexibility index (Phi) is 4.57. The van der Waals surface area contributed by atoms with E-state index >= 15 is 0 Å². The standard InChI is InChI=1S/C10H11N3O2S/c1-3-15-10(14)9(12-13-11)5-8-4-7(2)16-6-8/h4-6H,3H2,1-2H3/b9-5+. The number of ether oxygens (including phenoxy) is 1. The zero-order valence-electron chi connectivity index (χ0n) is 9.01. The lowest BCUT2D eigenvalue weighted by molar-refractivity contribution is -0.138. The smallest absolute Gasteiger partial charge is 0.340 e. The highest BCUT2D eigenvalue weighted by molar-refractivity contribution is 7.10. The average Bonchev–Trinajstić information content (AvgIpc) is 2.64. The molecule has 0 radical (unpaired) electrons. The molecule has 6 heteroatoms. The van der Waals surface area contributed by atoms with Gasteiger partial charge in [-0.1, -0.05) is 5.11 Å². The van der Waals surface area contributed by atoms with Crippen LogP contribution in [-0.2, 0) is 9.53 Å². The lowest BCUT2D eigenvalue weighted by atomic mass is 10.2. The van der Waals surface area contributed by atoms with Crippen molar-refractivity contribution in [1.82, 2.24) is 0 Å². The highest BCUT2D eigenvalue weighted by Gasteiger charge is 2.08. The summed E-state index contributed by atoms with van der Waals surface area (Å²) in [5.74, 6) is -0.607. The third-order valence-corrected chi connectivity index (χ3v) is 2.57. The highest BCUT2D eigenvalue weighted by Crippen LogP contribution is 2.17. The van der Waals surface area contributed by atoms with Crippen molar-refractivity contribution in [2.75, 3.05) is 6.61 Å². The number of thiophene rings is 1. The van der Waals surface area contributed by atoms with Gasteiger partial charge in [-0.15, -0.1) is 11.3 Å². The number of azide groups is 1. The van der Waals surface area contributed by atoms with Gasteiger partial charge >= 0.3 is 5.97 Å². The Morgan fingerprint density at radius 2 is 2.50 bits per heavy atom. The molecule has 0 aliphatic rings. The number of carbonyl (C=O) groups excluding carboxylic acids is 1. The summed E-state index contributed by atoms with van der Waals surface area (Å²) >= 11 is 1.56. The van der Waals surface area contributed by atoms with E-state index < -0.39 is 5.97 Å². The fourth-order valence-corrected chi connectivity index (χ4v) is 1.74. The van der Waals surface area contributed by atoms with E-state index in [0.29, 0.717) is 0 Å². The van der Waals surface area contributed by atoms with E-state index in [2.05, 4.69) is 10.0 Å². The minimum absolute atomic E-state index is 0.0258. The van der Waals surface area contributed by atoms with Crippen molar-refractivity contribution in [2.24, 2.45) is 5.11 Å². The Balaban J connectivity index is 2.97. The summed E-state index contributed by atoms with van der Waals surface area (Å²) < 4.78 is 4.77. The first-order chi connectivity index (χ1) is 7.67. The molecule has 0 spiro atoms. The average molecular weight is 237 g/mol. The second-order valence-electron chi connectivity index (χ2n) is 2.93. The first kappa shape index (κ1) is 12.3. The molecular formula is C10H11N3O2S. The van der Waals surface area contributed by atoms with E-state index in [4.69, 9.17) is 10.3 Å². The van der Waals surface area contributed by atoms with Gasteiger partial charge in [-0.25, -0.2) is 4.79 Å². The van der Waals surface area contributed by atoms with Gasteiger partial charge in [0.1, 0.15) is 5.70 Å². The van der Waals surface area contributed by atoms with Crippen LogP contribution in [0.25, 0.3) is 16.5 Å². The van der Waals surface area contributed by atoms with E-state index in [9.17, 15) is 4.79 Å². The van der Waals surface area contributed by atoms with Gasteiger partial charge in [0, 0.05) is 9.79 Å². The lowest BCUT2D eigenvalue weighted by Crippen LogP contribution is -2.05. The van der Waals surface area contributed by atoms with Crippen LogP contribution in [0.15, 0.2) is 22.3 Å². The highest BCUT2D eigenvalue weighted by atomic mass is 32.1. The lowest BCUT2D eigenvalue weighted by Gasteiger charge is -1.99. The molecule has 0 aliphatic heterocycles. The maximum Gasteiger partial charge on any atom is 0.340 e. The summed E-state index contributed by atoms with van der Waals surface area (Å²) in [7, 11) is 0. The molecule has 84 valence electrons. The van der Waals surface area contributed by atoms with E-state index in [1.807, 2.05) is 18.4 Å². The molecule has 0 bridgehead atoms. The number of hydrogen-bond acceptors (Lipinski definition) is 4. The van der Waals surface area contributed by atoms with Crippen LogP contribution in [0.2, 0.25) is 0 Å². The van der Waals surface area contributed by atoms with Crippen LogP contribution in [0.5, 0.6) is 0 Å². The zero-order valence-corrected chi connectivity index (χ0v) is 9.82. The Bertz CT molecular complexity index is 458. The first-order valence-electron chi connectivity index (χ1n) is 4.66. The Labute approximate surface area is 97.0 Å². The Morgan fingerprint density at radius 1 is 1.75 bits per heavy atom. The third kappa shape index (κ3) is 3.42. The summed E-state index contributed by atoms with van der Waals surface area (Å²) in [5.41, 5.74) is 9.15. The SMILES string of the molecule is CCOC(=O)/C(=C\c1csc(C)c1)N=[N+]=[N-]. The topological polar surface area (TPSA) is 75.1 Å². The van der Waals surface area contributed by atoms with Gasteiger partial charge in [0.05, 0.1) is 6.61 Å². The third-order valence-electron chi connectivity index (χ3n) is 1.69. The van der Waals surface area contributed by atoms with Crippen molar-refractivity contribution in [2.45, 2.75) is 13.8 Å². The Hall–Kier alpha value is -1.78. The second-order valence-corrected chi connectivity index (χ2v) is 4.05. The van der Waals surface area contributed by atoms with Crippen molar-refractivity contribution < 1.29 is 9.53 Å². The molecule has 0 unspecified atom stereocenters. The predicted octanol–water partition coefficient (Wildman–Crippen LogP) is 3.27. The van der Waals surface area contributed by atoms with Gasteiger partial charge in [-0.2, -0.15) is 0 Å². The molecule has 0 saturated carbocycles. The number of carbonyl (C=O) groups is 1. The van der Waals surface area contributed by atoms with Gasteiger partial charge in [-0.05, 0) is 42.5 Å². The van der Waals surface area contributed by atoms with Gasteiger partial charge in [0.15, 0.2) is 0 Å². The number of esters is 1. The van der Waals surface area contributed by atoms with Crippen LogP contribution in [0.4, 0.5) is 0 Å². The van der Waals surface area contributed by atoms with Crippen molar-refractivity contribution in [3.63, 3.8) is 0 Å². The van der Waals surface area contributed by atoms with Crippen LogP contribution >= 0.6 is 11.3 Å².